The molecule has 0 atom stereocenters. The summed E-state index contributed by atoms with van der Waals surface area (Å²) >= 11 is 0. The van der Waals surface area contributed by atoms with Gasteiger partial charge in [0, 0.05) is 19.6 Å². The van der Waals surface area contributed by atoms with Gasteiger partial charge in [-0.05, 0) is 18.2 Å². The molecule has 0 bridgehead atoms. The largest absolute Gasteiger partial charge is 0.488 e. The molecule has 0 spiro atoms. The summed E-state index contributed by atoms with van der Waals surface area (Å²) in [6, 6.07) is 10.5. The molecule has 1 aromatic rings. The third kappa shape index (κ3) is 2.25. The summed E-state index contributed by atoms with van der Waals surface area (Å²) in [4.78, 5) is 2.17. The van der Waals surface area contributed by atoms with E-state index in [1.807, 2.05) is 24.3 Å². The van der Waals surface area contributed by atoms with Crippen molar-refractivity contribution in [3.8, 4) is 5.75 Å². The van der Waals surface area contributed by atoms with Crippen molar-refractivity contribution < 1.29 is 9.84 Å². The standard InChI is InChI=1S/C11H14NO2/c13-7-6-12-8-11(9-12)14-10-4-2-1-3-5-10/h2-5,11,13H,6-9H2. The average molecular weight is 192 g/mol. The highest BCUT2D eigenvalue weighted by atomic mass is 16.5. The molecule has 0 unspecified atom stereocenters. The Hall–Kier alpha value is -1.06. The number of hydrogen-bond donors (Lipinski definition) is 1. The zero-order chi connectivity index (χ0) is 9.80. The van der Waals surface area contributed by atoms with Crippen molar-refractivity contribution in [2.45, 2.75) is 6.10 Å². The fraction of sp³-hybridized carbons (Fsp3) is 0.455. The lowest BCUT2D eigenvalue weighted by Gasteiger charge is -2.38. The molecular formula is C11H14NO2. The first kappa shape index (κ1) is 9.49. The Bertz CT molecular complexity index is 270. The number of aliphatic hydroxyl groups excluding tert-OH is 1. The van der Waals surface area contributed by atoms with Gasteiger partial charge >= 0.3 is 0 Å². The number of benzene rings is 1. The number of β-amino-alcohol motifs (C(OH)–C–C–N with tert-alkyl or cyclic N) is 1. The second kappa shape index (κ2) is 4.44. The number of nitrogens with zero attached hydrogens (tertiary/aromatic N) is 1. The van der Waals surface area contributed by atoms with Crippen LogP contribution >= 0.6 is 0 Å². The molecule has 1 N–H and O–H groups in total. The second-order valence-corrected chi connectivity index (χ2v) is 3.46. The van der Waals surface area contributed by atoms with E-state index in [4.69, 9.17) is 9.84 Å². The fourth-order valence-electron chi connectivity index (χ4n) is 1.56. The molecule has 2 rings (SSSR count). The Labute approximate surface area is 83.9 Å². The Kier molecular flexibility index (Phi) is 3.01. The SMILES string of the molecule is OCCN1CC(Oc2cc[c]cc2)C1. The van der Waals surface area contributed by atoms with Gasteiger partial charge in [-0.3, -0.25) is 4.90 Å². The molecule has 3 nitrogen and oxygen atoms in total. The quantitative estimate of drug-likeness (QED) is 0.756. The van der Waals surface area contributed by atoms with Gasteiger partial charge in [0.15, 0.2) is 0 Å². The van der Waals surface area contributed by atoms with Crippen LogP contribution < -0.4 is 4.74 Å². The van der Waals surface area contributed by atoms with Crippen molar-refractivity contribution in [2.75, 3.05) is 26.2 Å². The maximum absolute atomic E-state index is 8.69. The highest BCUT2D eigenvalue weighted by molar-refractivity contribution is 5.21. The maximum Gasteiger partial charge on any atom is 0.124 e. The van der Waals surface area contributed by atoms with Gasteiger partial charge in [0.05, 0.1) is 6.61 Å². The van der Waals surface area contributed by atoms with Gasteiger partial charge in [-0.1, -0.05) is 12.1 Å². The third-order valence-electron chi connectivity index (χ3n) is 2.33. The minimum absolute atomic E-state index is 0.229. The van der Waals surface area contributed by atoms with Crippen LogP contribution in [0.4, 0.5) is 0 Å². The van der Waals surface area contributed by atoms with E-state index in [0.29, 0.717) is 0 Å². The van der Waals surface area contributed by atoms with Gasteiger partial charge in [-0.15, -0.1) is 0 Å². The highest BCUT2D eigenvalue weighted by Crippen LogP contribution is 2.16. The van der Waals surface area contributed by atoms with Gasteiger partial charge in [0.25, 0.3) is 0 Å². The predicted octanol–water partition coefficient (Wildman–Crippen LogP) is 0.542. The topological polar surface area (TPSA) is 32.7 Å². The Balaban J connectivity index is 1.74. The molecule has 1 aliphatic heterocycles. The van der Waals surface area contributed by atoms with Crippen LogP contribution in [0.1, 0.15) is 0 Å². The molecule has 75 valence electrons. The molecule has 1 aliphatic rings. The van der Waals surface area contributed by atoms with Crippen molar-refractivity contribution >= 4 is 0 Å². The van der Waals surface area contributed by atoms with E-state index in [1.165, 1.54) is 0 Å². The summed E-state index contributed by atoms with van der Waals surface area (Å²) in [6.45, 7) is 2.81. The summed E-state index contributed by atoms with van der Waals surface area (Å²) in [7, 11) is 0. The minimum Gasteiger partial charge on any atom is -0.488 e. The number of hydrogen-bond acceptors (Lipinski definition) is 3. The molecule has 1 saturated heterocycles. The lowest BCUT2D eigenvalue weighted by molar-refractivity contribution is 0.0107. The highest BCUT2D eigenvalue weighted by Gasteiger charge is 2.27. The Morgan fingerprint density at radius 3 is 2.79 bits per heavy atom. The van der Waals surface area contributed by atoms with Crippen LogP contribution in [0, 0.1) is 6.07 Å². The van der Waals surface area contributed by atoms with Crippen LogP contribution in [0.3, 0.4) is 0 Å². The van der Waals surface area contributed by atoms with Crippen molar-refractivity contribution in [3.05, 3.63) is 30.3 Å². The first-order valence-electron chi connectivity index (χ1n) is 4.84. The molecular weight excluding hydrogens is 178 g/mol. The van der Waals surface area contributed by atoms with Crippen molar-refractivity contribution in [1.29, 1.82) is 0 Å². The van der Waals surface area contributed by atoms with E-state index in [1.54, 1.807) is 0 Å². The molecule has 14 heavy (non-hydrogen) atoms. The number of ether oxygens (including phenoxy) is 1. The Morgan fingerprint density at radius 1 is 1.43 bits per heavy atom. The minimum atomic E-state index is 0.229. The molecule has 3 heteroatoms. The second-order valence-electron chi connectivity index (χ2n) is 3.46. The van der Waals surface area contributed by atoms with E-state index in [0.717, 1.165) is 25.4 Å². The van der Waals surface area contributed by atoms with Gasteiger partial charge in [-0.25, -0.2) is 0 Å². The maximum atomic E-state index is 8.69. The normalized spacial score (nSPS) is 17.8. The zero-order valence-corrected chi connectivity index (χ0v) is 8.02. The van der Waals surface area contributed by atoms with Gasteiger partial charge in [-0.2, -0.15) is 0 Å². The Morgan fingerprint density at radius 2 is 2.14 bits per heavy atom. The zero-order valence-electron chi connectivity index (χ0n) is 8.02. The number of rotatable bonds is 4. The third-order valence-corrected chi connectivity index (χ3v) is 2.33. The van der Waals surface area contributed by atoms with E-state index >= 15 is 0 Å². The van der Waals surface area contributed by atoms with E-state index in [2.05, 4.69) is 11.0 Å². The van der Waals surface area contributed by atoms with Crippen LogP contribution in [0.5, 0.6) is 5.75 Å². The van der Waals surface area contributed by atoms with Crippen molar-refractivity contribution in [2.24, 2.45) is 0 Å². The lowest BCUT2D eigenvalue weighted by Crippen LogP contribution is -2.54. The first-order chi connectivity index (χ1) is 6.88. The molecule has 1 aromatic carbocycles. The molecule has 0 aromatic heterocycles. The molecule has 1 fully saturated rings. The van der Waals surface area contributed by atoms with Crippen LogP contribution in [0.2, 0.25) is 0 Å². The van der Waals surface area contributed by atoms with Crippen molar-refractivity contribution in [1.82, 2.24) is 4.90 Å². The summed E-state index contributed by atoms with van der Waals surface area (Å²) < 4.78 is 5.68. The molecule has 0 aliphatic carbocycles. The summed E-state index contributed by atoms with van der Waals surface area (Å²) in [6.07, 6.45) is 0.281. The van der Waals surface area contributed by atoms with E-state index in [-0.39, 0.29) is 12.7 Å². The molecule has 1 heterocycles. The average Bonchev–Trinajstić information content (AvgIpc) is 2.16. The molecule has 0 saturated carbocycles. The summed E-state index contributed by atoms with van der Waals surface area (Å²) in [5.41, 5.74) is 0. The predicted molar refractivity (Wildman–Crippen MR) is 53.2 cm³/mol. The number of likely N-dealkylation sites (tertiary alicyclic amines) is 1. The van der Waals surface area contributed by atoms with Crippen LogP contribution in [0.25, 0.3) is 0 Å². The van der Waals surface area contributed by atoms with Crippen LogP contribution in [-0.4, -0.2) is 42.4 Å². The van der Waals surface area contributed by atoms with Crippen molar-refractivity contribution in [3.63, 3.8) is 0 Å². The molecule has 0 amide bonds. The number of aliphatic hydroxyl groups is 1. The first-order valence-corrected chi connectivity index (χ1v) is 4.84. The van der Waals surface area contributed by atoms with Crippen LogP contribution in [0.15, 0.2) is 24.3 Å². The van der Waals surface area contributed by atoms with Gasteiger partial charge < -0.3 is 9.84 Å². The van der Waals surface area contributed by atoms with E-state index < -0.39 is 0 Å². The monoisotopic (exact) mass is 192 g/mol. The van der Waals surface area contributed by atoms with Crippen LogP contribution in [-0.2, 0) is 0 Å². The molecule has 1 radical (unpaired) electrons. The van der Waals surface area contributed by atoms with Gasteiger partial charge in [0.2, 0.25) is 0 Å². The lowest BCUT2D eigenvalue weighted by atomic mass is 10.1. The summed E-state index contributed by atoms with van der Waals surface area (Å²) in [5, 5.41) is 8.69. The van der Waals surface area contributed by atoms with Gasteiger partial charge in [0.1, 0.15) is 11.9 Å². The fourth-order valence-corrected chi connectivity index (χ4v) is 1.56. The smallest absolute Gasteiger partial charge is 0.124 e. The summed E-state index contributed by atoms with van der Waals surface area (Å²) in [5.74, 6) is 0.900. The van der Waals surface area contributed by atoms with E-state index in [9.17, 15) is 0 Å².